The Bertz CT molecular complexity index is 110. The van der Waals surface area contributed by atoms with E-state index in [4.69, 9.17) is 5.84 Å². The molecule has 0 amide bonds. The van der Waals surface area contributed by atoms with E-state index in [2.05, 4.69) is 0 Å². The van der Waals surface area contributed by atoms with Gasteiger partial charge in [0.05, 0.1) is 0 Å². The Balaban J connectivity index is 1.97. The lowest BCUT2D eigenvalue weighted by molar-refractivity contribution is 0.299. The number of hydrogen-bond donors (Lipinski definition) is 1. The molecule has 0 aromatic carbocycles. The van der Waals surface area contributed by atoms with Crippen molar-refractivity contribution in [1.29, 1.82) is 0 Å². The fourth-order valence-electron chi connectivity index (χ4n) is 2.44. The van der Waals surface area contributed by atoms with Crippen LogP contribution in [0.15, 0.2) is 0 Å². The van der Waals surface area contributed by atoms with Crippen molar-refractivity contribution >= 4 is 0 Å². The van der Waals surface area contributed by atoms with Crippen molar-refractivity contribution in [3.8, 4) is 0 Å². The molecule has 2 nitrogen and oxygen atoms in total. The highest BCUT2D eigenvalue weighted by molar-refractivity contribution is 4.84. The first-order valence-corrected chi connectivity index (χ1v) is 4.36. The Morgan fingerprint density at radius 3 is 2.00 bits per heavy atom. The van der Waals surface area contributed by atoms with Gasteiger partial charge in [-0.15, -0.1) is 0 Å². The van der Waals surface area contributed by atoms with Crippen LogP contribution in [0.5, 0.6) is 0 Å². The Kier molecular flexibility index (Phi) is 1.66. The molecule has 0 aromatic heterocycles. The quantitative estimate of drug-likeness (QED) is 0.508. The van der Waals surface area contributed by atoms with E-state index in [-0.39, 0.29) is 0 Å². The van der Waals surface area contributed by atoms with Gasteiger partial charge >= 0.3 is 0 Å². The number of rotatable bonds is 0. The van der Waals surface area contributed by atoms with E-state index in [1.54, 1.807) is 0 Å². The molecular formula is C8H16N2. The van der Waals surface area contributed by atoms with Crippen LogP contribution in [0, 0.1) is 11.8 Å². The van der Waals surface area contributed by atoms with Crippen LogP contribution in [-0.2, 0) is 0 Å². The van der Waals surface area contributed by atoms with Gasteiger partial charge in [-0.1, -0.05) is 12.8 Å². The zero-order valence-electron chi connectivity index (χ0n) is 6.42. The second-order valence-corrected chi connectivity index (χ2v) is 3.76. The highest BCUT2D eigenvalue weighted by atomic mass is 15.4. The lowest BCUT2D eigenvalue weighted by Gasteiger charge is -2.22. The predicted octanol–water partition coefficient (Wildman–Crippen LogP) is 0.982. The number of hydrogen-bond acceptors (Lipinski definition) is 2. The predicted molar refractivity (Wildman–Crippen MR) is 41.2 cm³/mol. The van der Waals surface area contributed by atoms with Crippen LogP contribution < -0.4 is 5.84 Å². The molecule has 0 radical (unpaired) electrons. The number of nitrogens with two attached hydrogens (primary N) is 1. The van der Waals surface area contributed by atoms with Crippen LogP contribution in [0.2, 0.25) is 0 Å². The number of nitrogens with zero attached hydrogens (tertiary/aromatic N) is 1. The average Bonchev–Trinajstić information content (AvgIpc) is 2.27. The Morgan fingerprint density at radius 2 is 1.50 bits per heavy atom. The summed E-state index contributed by atoms with van der Waals surface area (Å²) in [6, 6.07) is 0. The molecule has 2 N–H and O–H groups in total. The van der Waals surface area contributed by atoms with E-state index < -0.39 is 0 Å². The third-order valence-electron chi connectivity index (χ3n) is 3.00. The number of fused-ring (bicyclic) bond motifs is 1. The SMILES string of the molecule is NN1CC2CCCCC2C1. The van der Waals surface area contributed by atoms with Gasteiger partial charge in [0, 0.05) is 13.1 Å². The maximum atomic E-state index is 5.73. The van der Waals surface area contributed by atoms with E-state index in [0.717, 1.165) is 24.9 Å². The van der Waals surface area contributed by atoms with Crippen LogP contribution in [0.1, 0.15) is 25.7 Å². The van der Waals surface area contributed by atoms with Gasteiger partial charge < -0.3 is 0 Å². The van der Waals surface area contributed by atoms with Crippen LogP contribution in [0.25, 0.3) is 0 Å². The largest absolute Gasteiger partial charge is 0.269 e. The summed E-state index contributed by atoms with van der Waals surface area (Å²) in [6.07, 6.45) is 5.74. The van der Waals surface area contributed by atoms with Crippen LogP contribution >= 0.6 is 0 Å². The highest BCUT2D eigenvalue weighted by Gasteiger charge is 2.32. The summed E-state index contributed by atoms with van der Waals surface area (Å²) in [5, 5.41) is 2.00. The van der Waals surface area contributed by atoms with Gasteiger partial charge in [0.15, 0.2) is 0 Å². The molecule has 0 aromatic rings. The van der Waals surface area contributed by atoms with Crippen molar-refractivity contribution in [3.63, 3.8) is 0 Å². The summed E-state index contributed by atoms with van der Waals surface area (Å²) < 4.78 is 0. The summed E-state index contributed by atoms with van der Waals surface area (Å²) in [7, 11) is 0. The fraction of sp³-hybridized carbons (Fsp3) is 1.00. The normalized spacial score (nSPS) is 41.7. The molecule has 10 heavy (non-hydrogen) atoms. The second kappa shape index (κ2) is 2.51. The Hall–Kier alpha value is -0.0800. The molecule has 2 heteroatoms. The Morgan fingerprint density at radius 1 is 1.00 bits per heavy atom. The first-order chi connectivity index (χ1) is 4.86. The summed E-state index contributed by atoms with van der Waals surface area (Å²) >= 11 is 0. The molecule has 1 saturated heterocycles. The zero-order valence-corrected chi connectivity index (χ0v) is 6.42. The molecule has 1 saturated carbocycles. The standard InChI is InChI=1S/C8H16N2/c9-10-5-7-3-1-2-4-8(7)6-10/h7-8H,1-6,9H2. The summed E-state index contributed by atoms with van der Waals surface area (Å²) in [5.41, 5.74) is 0. The average molecular weight is 140 g/mol. The lowest BCUT2D eigenvalue weighted by Crippen LogP contribution is -2.28. The molecule has 2 unspecified atom stereocenters. The van der Waals surface area contributed by atoms with E-state index in [0.29, 0.717) is 0 Å². The van der Waals surface area contributed by atoms with E-state index in [1.807, 2.05) is 5.01 Å². The topological polar surface area (TPSA) is 29.3 Å². The van der Waals surface area contributed by atoms with E-state index in [9.17, 15) is 0 Å². The molecule has 1 heterocycles. The van der Waals surface area contributed by atoms with Gasteiger partial charge in [-0.3, -0.25) is 5.84 Å². The van der Waals surface area contributed by atoms with Gasteiger partial charge in [-0.25, -0.2) is 5.01 Å². The minimum Gasteiger partial charge on any atom is -0.269 e. The maximum absolute atomic E-state index is 5.73. The van der Waals surface area contributed by atoms with Gasteiger partial charge in [0.1, 0.15) is 0 Å². The van der Waals surface area contributed by atoms with Crippen LogP contribution in [0.3, 0.4) is 0 Å². The minimum atomic E-state index is 0.943. The van der Waals surface area contributed by atoms with Crippen molar-refractivity contribution in [2.24, 2.45) is 17.7 Å². The molecule has 1 aliphatic heterocycles. The first kappa shape index (κ1) is 6.62. The Labute approximate surface area is 62.4 Å². The van der Waals surface area contributed by atoms with Crippen molar-refractivity contribution in [2.45, 2.75) is 25.7 Å². The molecular weight excluding hydrogens is 124 g/mol. The monoisotopic (exact) mass is 140 g/mol. The molecule has 2 atom stereocenters. The summed E-state index contributed by atoms with van der Waals surface area (Å²) in [4.78, 5) is 0. The molecule has 2 rings (SSSR count). The van der Waals surface area contributed by atoms with Gasteiger partial charge in [-0.05, 0) is 24.7 Å². The molecule has 0 spiro atoms. The molecule has 0 bridgehead atoms. The van der Waals surface area contributed by atoms with Crippen molar-refractivity contribution < 1.29 is 0 Å². The van der Waals surface area contributed by atoms with Crippen LogP contribution in [-0.4, -0.2) is 18.1 Å². The number of hydrazine groups is 1. The molecule has 1 aliphatic carbocycles. The third-order valence-corrected chi connectivity index (χ3v) is 3.00. The van der Waals surface area contributed by atoms with Crippen molar-refractivity contribution in [2.75, 3.05) is 13.1 Å². The fourth-order valence-corrected chi connectivity index (χ4v) is 2.44. The second-order valence-electron chi connectivity index (χ2n) is 3.76. The minimum absolute atomic E-state index is 0.943. The van der Waals surface area contributed by atoms with Crippen molar-refractivity contribution in [3.05, 3.63) is 0 Å². The molecule has 2 fully saturated rings. The summed E-state index contributed by atoms with van der Waals surface area (Å²) in [6.45, 7) is 2.31. The zero-order chi connectivity index (χ0) is 6.97. The first-order valence-electron chi connectivity index (χ1n) is 4.36. The van der Waals surface area contributed by atoms with Gasteiger partial charge in [-0.2, -0.15) is 0 Å². The van der Waals surface area contributed by atoms with Gasteiger partial charge in [0.25, 0.3) is 0 Å². The smallest absolute Gasteiger partial charge is 0.0160 e. The highest BCUT2D eigenvalue weighted by Crippen LogP contribution is 2.34. The van der Waals surface area contributed by atoms with Crippen molar-refractivity contribution in [1.82, 2.24) is 5.01 Å². The third kappa shape index (κ3) is 1.06. The summed E-state index contributed by atoms with van der Waals surface area (Å²) in [5.74, 6) is 7.61. The lowest BCUT2D eigenvalue weighted by atomic mass is 9.82. The van der Waals surface area contributed by atoms with E-state index in [1.165, 1.54) is 25.7 Å². The maximum Gasteiger partial charge on any atom is 0.0160 e. The van der Waals surface area contributed by atoms with Gasteiger partial charge in [0.2, 0.25) is 0 Å². The van der Waals surface area contributed by atoms with Crippen LogP contribution in [0.4, 0.5) is 0 Å². The van der Waals surface area contributed by atoms with E-state index >= 15 is 0 Å². The molecule has 2 aliphatic rings. The molecule has 58 valence electrons.